The molecule has 0 saturated heterocycles. The molecule has 11 heteroatoms. The zero-order chi connectivity index (χ0) is 27.3. The van der Waals surface area contributed by atoms with E-state index in [0.717, 1.165) is 48.2 Å². The van der Waals surface area contributed by atoms with Crippen LogP contribution in [0.3, 0.4) is 0 Å². The maximum absolute atomic E-state index is 13.8. The van der Waals surface area contributed by atoms with Gasteiger partial charge in [0, 0.05) is 18.2 Å². The van der Waals surface area contributed by atoms with Crippen molar-refractivity contribution in [1.82, 2.24) is 34.5 Å². The predicted molar refractivity (Wildman–Crippen MR) is 146 cm³/mol. The monoisotopic (exact) mass is 545 g/mol. The lowest BCUT2D eigenvalue weighted by molar-refractivity contribution is 0.478. The molecule has 2 aliphatic rings. The van der Waals surface area contributed by atoms with Gasteiger partial charge in [-0.1, -0.05) is 13.0 Å². The molecule has 2 aliphatic carbocycles. The largest absolute Gasteiger partial charge is 0.287 e. The number of hydrogen-bond donors (Lipinski definition) is 0. The Balaban J connectivity index is 1.38. The lowest BCUT2D eigenvalue weighted by Gasteiger charge is -2.18. The molecule has 0 spiro atoms. The van der Waals surface area contributed by atoms with Crippen LogP contribution in [0.1, 0.15) is 74.1 Å². The van der Waals surface area contributed by atoms with E-state index in [1.54, 1.807) is 36.3 Å². The summed E-state index contributed by atoms with van der Waals surface area (Å²) in [5.41, 5.74) is 4.90. The summed E-state index contributed by atoms with van der Waals surface area (Å²) in [4.78, 5) is 41.2. The first-order chi connectivity index (χ1) is 18.8. The van der Waals surface area contributed by atoms with Gasteiger partial charge in [-0.25, -0.2) is 38.3 Å². The van der Waals surface area contributed by atoms with Crippen molar-refractivity contribution in [3.8, 4) is 11.4 Å². The van der Waals surface area contributed by atoms with Crippen LogP contribution in [0.5, 0.6) is 0 Å². The third-order valence-electron chi connectivity index (χ3n) is 7.81. The molecule has 0 bridgehead atoms. The zero-order valence-corrected chi connectivity index (χ0v) is 23.1. The van der Waals surface area contributed by atoms with E-state index >= 15 is 0 Å². The van der Waals surface area contributed by atoms with E-state index in [9.17, 15) is 13.2 Å². The fourth-order valence-corrected chi connectivity index (χ4v) is 5.87. The van der Waals surface area contributed by atoms with Crippen molar-refractivity contribution in [2.45, 2.75) is 76.3 Å². The Labute approximate surface area is 226 Å². The summed E-state index contributed by atoms with van der Waals surface area (Å²) in [5.74, 6) is 1.36. The summed E-state index contributed by atoms with van der Waals surface area (Å²) in [7, 11) is -3.36. The second-order valence-corrected chi connectivity index (χ2v) is 12.8. The standard InChI is InChI=1S/C28H31N7O3S/c1-4-39(37,38)23-12-6-18(13-29-23)5-11-21-28(36)35(17(3)19-7-8-19)27-22(33-21)14-30-26(34-27)24-16(2)31-15-32-25(24)20-9-10-20/h6,12-15,17,19-20H,4-5,7-11H2,1-3H3/t17-/m0/s1. The number of aromatic nitrogens is 7. The van der Waals surface area contributed by atoms with Crippen LogP contribution in [0.2, 0.25) is 0 Å². The second-order valence-electron chi connectivity index (χ2n) is 10.6. The Bertz CT molecular complexity index is 1730. The second kappa shape index (κ2) is 9.86. The van der Waals surface area contributed by atoms with Crippen LogP contribution in [0.15, 0.2) is 40.7 Å². The third-order valence-corrected chi connectivity index (χ3v) is 9.45. The van der Waals surface area contributed by atoms with Gasteiger partial charge >= 0.3 is 0 Å². The van der Waals surface area contributed by atoms with E-state index in [0.29, 0.717) is 47.4 Å². The van der Waals surface area contributed by atoms with Crippen molar-refractivity contribution in [3.63, 3.8) is 0 Å². The van der Waals surface area contributed by atoms with Crippen LogP contribution < -0.4 is 5.56 Å². The van der Waals surface area contributed by atoms with Crippen molar-refractivity contribution < 1.29 is 8.42 Å². The molecule has 0 amide bonds. The molecule has 0 aromatic carbocycles. The lowest BCUT2D eigenvalue weighted by Crippen LogP contribution is -2.30. The smallest absolute Gasteiger partial charge is 0.274 e. The average molecular weight is 546 g/mol. The number of pyridine rings is 1. The summed E-state index contributed by atoms with van der Waals surface area (Å²) >= 11 is 0. The highest BCUT2D eigenvalue weighted by molar-refractivity contribution is 7.91. The Morgan fingerprint density at radius 2 is 1.79 bits per heavy atom. The molecular weight excluding hydrogens is 514 g/mol. The highest BCUT2D eigenvalue weighted by Gasteiger charge is 2.33. The van der Waals surface area contributed by atoms with Crippen molar-refractivity contribution in [2.75, 3.05) is 5.75 Å². The highest BCUT2D eigenvalue weighted by Crippen LogP contribution is 2.43. The molecule has 0 radical (unpaired) electrons. The Hall–Kier alpha value is -3.60. The van der Waals surface area contributed by atoms with Gasteiger partial charge in [-0.2, -0.15) is 0 Å². The van der Waals surface area contributed by atoms with Gasteiger partial charge in [0.15, 0.2) is 26.3 Å². The van der Waals surface area contributed by atoms with Gasteiger partial charge in [-0.05, 0) is 69.9 Å². The summed E-state index contributed by atoms with van der Waals surface area (Å²) in [5, 5.41) is 0.0649. The SMILES string of the molecule is CCS(=O)(=O)c1ccc(CCc2nc3cnc(-c4c(C)ncnc4C4CC4)nc3n([C@@H](C)C3CC3)c2=O)cn1. The van der Waals surface area contributed by atoms with Gasteiger partial charge in [0.2, 0.25) is 0 Å². The minimum atomic E-state index is -3.36. The van der Waals surface area contributed by atoms with Crippen molar-refractivity contribution in [1.29, 1.82) is 0 Å². The first kappa shape index (κ1) is 25.7. The number of hydrogen-bond acceptors (Lipinski definition) is 9. The van der Waals surface area contributed by atoms with Crippen molar-refractivity contribution in [3.05, 3.63) is 63.9 Å². The van der Waals surface area contributed by atoms with Gasteiger partial charge < -0.3 is 0 Å². The van der Waals surface area contributed by atoms with E-state index in [1.165, 1.54) is 6.07 Å². The Kier molecular flexibility index (Phi) is 6.49. The minimum Gasteiger partial charge on any atom is -0.287 e. The molecule has 39 heavy (non-hydrogen) atoms. The maximum atomic E-state index is 13.8. The van der Waals surface area contributed by atoms with Crippen LogP contribution >= 0.6 is 0 Å². The Morgan fingerprint density at radius 3 is 2.46 bits per heavy atom. The quantitative estimate of drug-likeness (QED) is 0.308. The van der Waals surface area contributed by atoms with E-state index in [-0.39, 0.29) is 22.4 Å². The summed E-state index contributed by atoms with van der Waals surface area (Å²) < 4.78 is 25.9. The number of aryl methyl sites for hydroxylation is 3. The predicted octanol–water partition coefficient (Wildman–Crippen LogP) is 3.77. The molecule has 4 aromatic heterocycles. The number of fused-ring (bicyclic) bond motifs is 1. The van der Waals surface area contributed by atoms with Gasteiger partial charge in [0.1, 0.15) is 17.5 Å². The van der Waals surface area contributed by atoms with Crippen molar-refractivity contribution in [2.24, 2.45) is 5.92 Å². The van der Waals surface area contributed by atoms with Crippen LogP contribution in [0.25, 0.3) is 22.6 Å². The number of nitrogens with zero attached hydrogens (tertiary/aromatic N) is 7. The molecule has 1 atom stereocenters. The summed E-state index contributed by atoms with van der Waals surface area (Å²) in [6, 6.07) is 3.26. The molecule has 202 valence electrons. The molecule has 0 N–H and O–H groups in total. The molecule has 6 rings (SSSR count). The summed E-state index contributed by atoms with van der Waals surface area (Å²) in [6.07, 6.45) is 10.1. The molecule has 0 aliphatic heterocycles. The molecule has 4 heterocycles. The fraction of sp³-hybridized carbons (Fsp3) is 0.464. The normalized spacial score (nSPS) is 16.5. The molecule has 4 aromatic rings. The first-order valence-electron chi connectivity index (χ1n) is 13.5. The minimum absolute atomic E-state index is 0.00161. The van der Waals surface area contributed by atoms with E-state index in [4.69, 9.17) is 9.97 Å². The maximum Gasteiger partial charge on any atom is 0.274 e. The topological polar surface area (TPSA) is 133 Å². The number of sulfone groups is 1. The first-order valence-corrected chi connectivity index (χ1v) is 15.2. The van der Waals surface area contributed by atoms with E-state index < -0.39 is 9.84 Å². The number of rotatable bonds is 9. The average Bonchev–Trinajstić information content (AvgIpc) is 3.85. The van der Waals surface area contributed by atoms with Gasteiger partial charge in [0.05, 0.1) is 28.9 Å². The van der Waals surface area contributed by atoms with Gasteiger partial charge in [-0.15, -0.1) is 0 Å². The van der Waals surface area contributed by atoms with Crippen LogP contribution in [-0.4, -0.2) is 48.6 Å². The van der Waals surface area contributed by atoms with Gasteiger partial charge in [-0.3, -0.25) is 9.36 Å². The summed E-state index contributed by atoms with van der Waals surface area (Å²) in [6.45, 7) is 5.61. The molecule has 2 saturated carbocycles. The van der Waals surface area contributed by atoms with Crippen LogP contribution in [-0.2, 0) is 22.7 Å². The molecule has 2 fully saturated rings. The van der Waals surface area contributed by atoms with Crippen molar-refractivity contribution >= 4 is 21.0 Å². The Morgan fingerprint density at radius 1 is 1.00 bits per heavy atom. The molecule has 0 unspecified atom stereocenters. The molecular formula is C28H31N7O3S. The fourth-order valence-electron chi connectivity index (χ4n) is 5.09. The van der Waals surface area contributed by atoms with Crippen LogP contribution in [0.4, 0.5) is 0 Å². The van der Waals surface area contributed by atoms with Gasteiger partial charge in [0.25, 0.3) is 5.56 Å². The lowest BCUT2D eigenvalue weighted by atomic mass is 10.1. The molecule has 10 nitrogen and oxygen atoms in total. The highest BCUT2D eigenvalue weighted by atomic mass is 32.2. The van der Waals surface area contributed by atoms with E-state index in [2.05, 4.69) is 26.9 Å². The van der Waals surface area contributed by atoms with E-state index in [1.807, 2.05) is 6.92 Å². The third kappa shape index (κ3) is 4.95. The van der Waals surface area contributed by atoms with Crippen LogP contribution in [0, 0.1) is 12.8 Å². The zero-order valence-electron chi connectivity index (χ0n) is 22.3.